The summed E-state index contributed by atoms with van der Waals surface area (Å²) in [5, 5.41) is 10.8. The molecule has 1 N–H and O–H groups in total. The van der Waals surface area contributed by atoms with Gasteiger partial charge in [-0.05, 0) is 44.9 Å². The molecule has 2 saturated heterocycles. The van der Waals surface area contributed by atoms with Gasteiger partial charge in [0.05, 0.1) is 5.60 Å². The molecule has 3 aliphatic rings. The van der Waals surface area contributed by atoms with Gasteiger partial charge in [-0.2, -0.15) is 0 Å². The van der Waals surface area contributed by atoms with Crippen LogP contribution in [0, 0.1) is 11.3 Å². The van der Waals surface area contributed by atoms with Crippen molar-refractivity contribution in [2.24, 2.45) is 11.3 Å². The molecule has 21 heavy (non-hydrogen) atoms. The van der Waals surface area contributed by atoms with E-state index in [1.165, 1.54) is 45.4 Å². The molecule has 0 aromatic carbocycles. The van der Waals surface area contributed by atoms with Crippen molar-refractivity contribution < 1.29 is 5.11 Å². The standard InChI is InChI=1S/C18H34N2O/c1-16(2,3)20-11-15-10-19(12-17(15,4)13-20)14-18(21)8-6-5-7-9-18/h15,21H,5-14H2,1-4H3/t15-,17+/m1/s1. The number of fused-ring (bicyclic) bond motifs is 1. The lowest BCUT2D eigenvalue weighted by Gasteiger charge is -2.38. The quantitative estimate of drug-likeness (QED) is 0.848. The van der Waals surface area contributed by atoms with E-state index in [1.807, 2.05) is 0 Å². The van der Waals surface area contributed by atoms with Crippen LogP contribution >= 0.6 is 0 Å². The second-order valence-electron chi connectivity index (χ2n) is 9.36. The van der Waals surface area contributed by atoms with Gasteiger partial charge in [0.1, 0.15) is 0 Å². The third-order valence-corrected chi connectivity index (χ3v) is 6.29. The summed E-state index contributed by atoms with van der Waals surface area (Å²) in [5.41, 5.74) is 0.328. The number of aliphatic hydroxyl groups is 1. The molecule has 1 saturated carbocycles. The molecule has 1 aliphatic carbocycles. The minimum atomic E-state index is -0.392. The summed E-state index contributed by atoms with van der Waals surface area (Å²) in [5.74, 6) is 0.781. The molecular weight excluding hydrogens is 260 g/mol. The minimum Gasteiger partial charge on any atom is -0.389 e. The molecule has 0 unspecified atom stereocenters. The lowest BCUT2D eigenvalue weighted by molar-refractivity contribution is -0.0250. The van der Waals surface area contributed by atoms with Gasteiger partial charge in [0.15, 0.2) is 0 Å². The highest BCUT2D eigenvalue weighted by atomic mass is 16.3. The molecule has 3 fully saturated rings. The first kappa shape index (κ1) is 15.8. The lowest BCUT2D eigenvalue weighted by atomic mass is 9.83. The summed E-state index contributed by atoms with van der Waals surface area (Å²) in [4.78, 5) is 5.22. The summed E-state index contributed by atoms with van der Waals surface area (Å²) in [6.07, 6.45) is 5.76. The Kier molecular flexibility index (Phi) is 3.91. The van der Waals surface area contributed by atoms with Gasteiger partial charge in [0, 0.05) is 38.3 Å². The summed E-state index contributed by atoms with van der Waals surface area (Å²) in [6.45, 7) is 15.2. The van der Waals surface area contributed by atoms with Gasteiger partial charge in [-0.3, -0.25) is 9.80 Å². The lowest BCUT2D eigenvalue weighted by Crippen LogP contribution is -2.46. The highest BCUT2D eigenvalue weighted by Gasteiger charge is 2.51. The molecule has 3 rings (SSSR count). The zero-order valence-corrected chi connectivity index (χ0v) is 14.5. The fourth-order valence-electron chi connectivity index (χ4n) is 4.88. The van der Waals surface area contributed by atoms with E-state index in [0.29, 0.717) is 11.0 Å². The SMILES string of the molecule is CC(C)(C)N1C[C@H]2CN(CC3(O)CCCCC3)C[C@@]2(C)C1. The molecule has 2 atom stereocenters. The average Bonchev–Trinajstić information content (AvgIpc) is 2.80. The van der Waals surface area contributed by atoms with Crippen molar-refractivity contribution in [3.05, 3.63) is 0 Å². The molecular formula is C18H34N2O. The Balaban J connectivity index is 1.60. The van der Waals surface area contributed by atoms with Gasteiger partial charge in [-0.15, -0.1) is 0 Å². The predicted octanol–water partition coefficient (Wildman–Crippen LogP) is 2.73. The first-order valence-electron chi connectivity index (χ1n) is 8.90. The Bertz CT molecular complexity index is 383. The van der Waals surface area contributed by atoms with Crippen molar-refractivity contribution in [1.29, 1.82) is 0 Å². The monoisotopic (exact) mass is 294 g/mol. The van der Waals surface area contributed by atoms with Gasteiger partial charge in [-0.1, -0.05) is 26.2 Å². The van der Waals surface area contributed by atoms with Crippen LogP contribution in [0.15, 0.2) is 0 Å². The molecule has 0 aromatic heterocycles. The average molecular weight is 294 g/mol. The Hall–Kier alpha value is -0.120. The normalized spacial score (nSPS) is 37.9. The van der Waals surface area contributed by atoms with E-state index in [1.54, 1.807) is 0 Å². The molecule has 0 spiro atoms. The second-order valence-corrected chi connectivity index (χ2v) is 9.36. The largest absolute Gasteiger partial charge is 0.389 e. The van der Waals surface area contributed by atoms with E-state index in [0.717, 1.165) is 25.3 Å². The van der Waals surface area contributed by atoms with E-state index in [4.69, 9.17) is 0 Å². The summed E-state index contributed by atoms with van der Waals surface area (Å²) < 4.78 is 0. The van der Waals surface area contributed by atoms with Crippen LogP contribution < -0.4 is 0 Å². The first-order chi connectivity index (χ1) is 9.70. The van der Waals surface area contributed by atoms with Crippen molar-refractivity contribution in [3.63, 3.8) is 0 Å². The van der Waals surface area contributed by atoms with E-state index in [2.05, 4.69) is 37.5 Å². The van der Waals surface area contributed by atoms with Crippen LogP contribution in [0.4, 0.5) is 0 Å². The third kappa shape index (κ3) is 3.16. The van der Waals surface area contributed by atoms with Gasteiger partial charge < -0.3 is 5.11 Å². The summed E-state index contributed by atoms with van der Waals surface area (Å²) >= 11 is 0. The number of β-amino-alcohol motifs (C(OH)–C–C–N with tert-alkyl or cyclic N) is 1. The van der Waals surface area contributed by atoms with Crippen molar-refractivity contribution in [1.82, 2.24) is 9.80 Å². The Morgan fingerprint density at radius 1 is 1.05 bits per heavy atom. The number of likely N-dealkylation sites (tertiary alicyclic amines) is 2. The van der Waals surface area contributed by atoms with E-state index < -0.39 is 5.60 Å². The fraction of sp³-hybridized carbons (Fsp3) is 1.00. The molecule has 3 heteroatoms. The Labute approximate surface area is 130 Å². The van der Waals surface area contributed by atoms with Crippen LogP contribution in [0.2, 0.25) is 0 Å². The van der Waals surface area contributed by atoms with Crippen molar-refractivity contribution in [2.45, 2.75) is 70.9 Å². The predicted molar refractivity (Wildman–Crippen MR) is 87.4 cm³/mol. The van der Waals surface area contributed by atoms with Crippen LogP contribution in [0.1, 0.15) is 59.8 Å². The third-order valence-electron chi connectivity index (χ3n) is 6.29. The maximum Gasteiger partial charge on any atom is 0.0774 e. The molecule has 2 aliphatic heterocycles. The molecule has 122 valence electrons. The number of hydrogen-bond donors (Lipinski definition) is 1. The van der Waals surface area contributed by atoms with Gasteiger partial charge >= 0.3 is 0 Å². The van der Waals surface area contributed by atoms with Gasteiger partial charge in [0.2, 0.25) is 0 Å². The fourth-order valence-corrected chi connectivity index (χ4v) is 4.88. The highest BCUT2D eigenvalue weighted by Crippen LogP contribution is 2.45. The zero-order chi connectivity index (χ0) is 15.3. The maximum atomic E-state index is 10.8. The van der Waals surface area contributed by atoms with Crippen LogP contribution in [-0.2, 0) is 0 Å². The van der Waals surface area contributed by atoms with Gasteiger partial charge in [-0.25, -0.2) is 0 Å². The Morgan fingerprint density at radius 3 is 2.29 bits per heavy atom. The highest BCUT2D eigenvalue weighted by molar-refractivity contribution is 5.05. The first-order valence-corrected chi connectivity index (χ1v) is 8.90. The summed E-state index contributed by atoms with van der Waals surface area (Å²) in [6, 6.07) is 0. The maximum absolute atomic E-state index is 10.8. The molecule has 2 heterocycles. The number of hydrogen-bond acceptors (Lipinski definition) is 3. The second kappa shape index (κ2) is 5.21. The van der Waals surface area contributed by atoms with E-state index in [9.17, 15) is 5.11 Å². The number of rotatable bonds is 2. The smallest absolute Gasteiger partial charge is 0.0774 e. The van der Waals surface area contributed by atoms with Crippen LogP contribution in [0.25, 0.3) is 0 Å². The molecule has 0 amide bonds. The van der Waals surface area contributed by atoms with Crippen LogP contribution in [-0.4, -0.2) is 58.8 Å². The zero-order valence-electron chi connectivity index (χ0n) is 14.5. The molecule has 3 nitrogen and oxygen atoms in total. The molecule has 0 radical (unpaired) electrons. The van der Waals surface area contributed by atoms with Crippen molar-refractivity contribution in [3.8, 4) is 0 Å². The van der Waals surface area contributed by atoms with Crippen LogP contribution in [0.3, 0.4) is 0 Å². The van der Waals surface area contributed by atoms with Crippen molar-refractivity contribution in [2.75, 3.05) is 32.7 Å². The van der Waals surface area contributed by atoms with Gasteiger partial charge in [0.25, 0.3) is 0 Å². The van der Waals surface area contributed by atoms with E-state index >= 15 is 0 Å². The molecule has 0 aromatic rings. The van der Waals surface area contributed by atoms with Crippen LogP contribution in [0.5, 0.6) is 0 Å². The minimum absolute atomic E-state index is 0.291. The van der Waals surface area contributed by atoms with Crippen molar-refractivity contribution >= 4 is 0 Å². The molecule has 0 bridgehead atoms. The topological polar surface area (TPSA) is 26.7 Å². The number of nitrogens with zero attached hydrogens (tertiary/aromatic N) is 2. The Morgan fingerprint density at radius 2 is 1.71 bits per heavy atom. The van der Waals surface area contributed by atoms with E-state index in [-0.39, 0.29) is 0 Å². The summed E-state index contributed by atoms with van der Waals surface area (Å²) in [7, 11) is 0.